The second-order valence-electron chi connectivity index (χ2n) is 2.02. The van der Waals surface area contributed by atoms with E-state index in [1.54, 1.807) is 6.92 Å². The summed E-state index contributed by atoms with van der Waals surface area (Å²) in [4.78, 5) is 26.3. The Morgan fingerprint density at radius 1 is 1.55 bits per heavy atom. The quantitative estimate of drug-likeness (QED) is 0.579. The van der Waals surface area contributed by atoms with E-state index in [1.807, 2.05) is 0 Å². The van der Waals surface area contributed by atoms with Crippen LogP contribution in [0.4, 0.5) is 0 Å². The molecule has 0 bridgehead atoms. The summed E-state index contributed by atoms with van der Waals surface area (Å²) in [5.41, 5.74) is -1.54. The van der Waals surface area contributed by atoms with Gasteiger partial charge in [0.1, 0.15) is 0 Å². The van der Waals surface area contributed by atoms with Crippen molar-refractivity contribution in [2.75, 3.05) is 0 Å². The van der Waals surface area contributed by atoms with E-state index in [-0.39, 0.29) is 12.6 Å². The zero-order valence-electron chi connectivity index (χ0n) is 6.33. The first-order valence-electron chi connectivity index (χ1n) is 2.87. The van der Waals surface area contributed by atoms with Gasteiger partial charge in [-0.05, 0) is 13.3 Å². The standard InChI is InChI=1S/C5H10O3.CO2/c1-3-5(2,8)4(6)7;2-1-3/h8H,3H2,1-2H3,(H,6,7);. The van der Waals surface area contributed by atoms with Gasteiger partial charge >= 0.3 is 12.1 Å². The lowest BCUT2D eigenvalue weighted by Gasteiger charge is -2.13. The highest BCUT2D eigenvalue weighted by Crippen LogP contribution is 2.06. The maximum atomic E-state index is 10.0. The molecule has 5 heteroatoms. The van der Waals surface area contributed by atoms with Crippen LogP contribution in [-0.2, 0) is 14.4 Å². The molecule has 0 aromatic rings. The zero-order chi connectivity index (χ0) is 9.49. The second kappa shape index (κ2) is 5.58. The van der Waals surface area contributed by atoms with Gasteiger partial charge in [-0.25, -0.2) is 4.79 Å². The number of carbonyl (C=O) groups excluding carboxylic acids is 2. The third kappa shape index (κ3) is 6.70. The van der Waals surface area contributed by atoms with E-state index in [0.717, 1.165) is 0 Å². The molecule has 0 rings (SSSR count). The van der Waals surface area contributed by atoms with Crippen LogP contribution in [0, 0.1) is 0 Å². The Morgan fingerprint density at radius 2 is 1.82 bits per heavy atom. The molecule has 0 aromatic carbocycles. The van der Waals surface area contributed by atoms with E-state index in [2.05, 4.69) is 0 Å². The van der Waals surface area contributed by atoms with Gasteiger partial charge in [-0.1, -0.05) is 6.92 Å². The van der Waals surface area contributed by atoms with E-state index in [9.17, 15) is 4.79 Å². The summed E-state index contributed by atoms with van der Waals surface area (Å²) in [5.74, 6) is -1.17. The molecule has 0 saturated heterocycles. The molecule has 1 atom stereocenters. The summed E-state index contributed by atoms with van der Waals surface area (Å²) in [6, 6.07) is 0. The molecular formula is C6H10O5. The highest BCUT2D eigenvalue weighted by molar-refractivity contribution is 5.76. The molecule has 11 heavy (non-hydrogen) atoms. The number of carbonyl (C=O) groups is 1. The molecule has 5 nitrogen and oxygen atoms in total. The van der Waals surface area contributed by atoms with Crippen molar-refractivity contribution in [1.82, 2.24) is 0 Å². The SMILES string of the molecule is CCC(C)(O)C(=O)O.O=C=O. The van der Waals surface area contributed by atoms with E-state index >= 15 is 0 Å². The smallest absolute Gasteiger partial charge is 0.373 e. The van der Waals surface area contributed by atoms with Crippen molar-refractivity contribution in [3.05, 3.63) is 0 Å². The minimum absolute atomic E-state index is 0.238. The Balaban J connectivity index is 0. The fraction of sp³-hybridized carbons (Fsp3) is 0.667. The van der Waals surface area contributed by atoms with E-state index in [4.69, 9.17) is 19.8 Å². The van der Waals surface area contributed by atoms with E-state index in [0.29, 0.717) is 0 Å². The Labute approximate surface area is 63.6 Å². The van der Waals surface area contributed by atoms with E-state index < -0.39 is 11.6 Å². The van der Waals surface area contributed by atoms with Crippen molar-refractivity contribution < 1.29 is 24.6 Å². The van der Waals surface area contributed by atoms with E-state index in [1.165, 1.54) is 6.92 Å². The molecule has 0 heterocycles. The number of hydrogen-bond acceptors (Lipinski definition) is 4. The van der Waals surface area contributed by atoms with Crippen LogP contribution in [0.15, 0.2) is 0 Å². The van der Waals surface area contributed by atoms with Gasteiger partial charge < -0.3 is 10.2 Å². The molecule has 1 unspecified atom stereocenters. The molecule has 0 aliphatic heterocycles. The fourth-order valence-electron chi connectivity index (χ4n) is 0.151. The van der Waals surface area contributed by atoms with Crippen LogP contribution in [0.1, 0.15) is 20.3 Å². The Bertz CT molecular complexity index is 154. The zero-order valence-corrected chi connectivity index (χ0v) is 6.33. The summed E-state index contributed by atoms with van der Waals surface area (Å²) < 4.78 is 0. The van der Waals surface area contributed by atoms with Crippen molar-refractivity contribution in [2.24, 2.45) is 0 Å². The fourth-order valence-corrected chi connectivity index (χ4v) is 0.151. The lowest BCUT2D eigenvalue weighted by atomic mass is 10.1. The highest BCUT2D eigenvalue weighted by atomic mass is 16.4. The first-order chi connectivity index (χ1) is 4.92. The lowest BCUT2D eigenvalue weighted by molar-refractivity contribution is -0.191. The van der Waals surface area contributed by atoms with Gasteiger partial charge in [0.2, 0.25) is 0 Å². The Hall–Kier alpha value is -1.19. The first-order valence-corrected chi connectivity index (χ1v) is 2.87. The van der Waals surface area contributed by atoms with Gasteiger partial charge in [-0.15, -0.1) is 0 Å². The predicted octanol–water partition coefficient (Wildman–Crippen LogP) is -0.352. The van der Waals surface area contributed by atoms with Crippen LogP contribution in [0.2, 0.25) is 0 Å². The third-order valence-corrected chi connectivity index (χ3v) is 1.15. The number of carboxylic acids is 1. The van der Waals surface area contributed by atoms with Crippen molar-refractivity contribution in [3.63, 3.8) is 0 Å². The van der Waals surface area contributed by atoms with Crippen LogP contribution in [0.5, 0.6) is 0 Å². The average Bonchev–Trinajstić information content (AvgIpc) is 1.89. The van der Waals surface area contributed by atoms with Gasteiger partial charge in [-0.3, -0.25) is 0 Å². The number of hydrogen-bond donors (Lipinski definition) is 2. The van der Waals surface area contributed by atoms with Crippen molar-refractivity contribution >= 4 is 12.1 Å². The van der Waals surface area contributed by atoms with Crippen LogP contribution in [0.25, 0.3) is 0 Å². The van der Waals surface area contributed by atoms with Crippen molar-refractivity contribution in [2.45, 2.75) is 25.9 Å². The van der Waals surface area contributed by atoms with Crippen LogP contribution < -0.4 is 0 Å². The Morgan fingerprint density at radius 3 is 1.82 bits per heavy atom. The first kappa shape index (κ1) is 12.5. The monoisotopic (exact) mass is 162 g/mol. The van der Waals surface area contributed by atoms with Crippen LogP contribution >= 0.6 is 0 Å². The molecule has 0 aliphatic carbocycles. The number of rotatable bonds is 2. The van der Waals surface area contributed by atoms with Gasteiger partial charge in [0.05, 0.1) is 0 Å². The lowest BCUT2D eigenvalue weighted by Crippen LogP contribution is -2.33. The summed E-state index contributed by atoms with van der Waals surface area (Å²) in [7, 11) is 0. The number of aliphatic hydroxyl groups is 1. The van der Waals surface area contributed by atoms with Gasteiger partial charge in [0.15, 0.2) is 5.60 Å². The minimum atomic E-state index is -1.54. The molecule has 0 aromatic heterocycles. The van der Waals surface area contributed by atoms with Gasteiger partial charge in [-0.2, -0.15) is 9.59 Å². The van der Waals surface area contributed by atoms with Crippen molar-refractivity contribution in [1.29, 1.82) is 0 Å². The molecule has 64 valence electrons. The number of carboxylic acid groups (broad SMARTS) is 1. The summed E-state index contributed by atoms with van der Waals surface area (Å²) >= 11 is 0. The van der Waals surface area contributed by atoms with Crippen LogP contribution in [0.3, 0.4) is 0 Å². The molecular weight excluding hydrogens is 152 g/mol. The molecule has 0 spiro atoms. The summed E-state index contributed by atoms with van der Waals surface area (Å²) in [5, 5.41) is 17.0. The highest BCUT2D eigenvalue weighted by Gasteiger charge is 2.26. The van der Waals surface area contributed by atoms with Crippen molar-refractivity contribution in [3.8, 4) is 0 Å². The minimum Gasteiger partial charge on any atom is -0.479 e. The largest absolute Gasteiger partial charge is 0.479 e. The maximum absolute atomic E-state index is 10.0. The van der Waals surface area contributed by atoms with Gasteiger partial charge in [0.25, 0.3) is 0 Å². The second-order valence-corrected chi connectivity index (χ2v) is 2.02. The molecule has 0 amide bonds. The van der Waals surface area contributed by atoms with Gasteiger partial charge in [0, 0.05) is 0 Å². The maximum Gasteiger partial charge on any atom is 0.373 e. The third-order valence-electron chi connectivity index (χ3n) is 1.15. The topological polar surface area (TPSA) is 91.7 Å². The summed E-state index contributed by atoms with van der Waals surface area (Å²) in [6.07, 6.45) is 0.488. The van der Waals surface area contributed by atoms with Crippen LogP contribution in [-0.4, -0.2) is 27.9 Å². The normalized spacial score (nSPS) is 13.4. The Kier molecular flexibility index (Phi) is 6.34. The molecule has 0 radical (unpaired) electrons. The average molecular weight is 162 g/mol. The molecule has 0 fully saturated rings. The molecule has 0 saturated carbocycles. The molecule has 2 N–H and O–H groups in total. The summed E-state index contributed by atoms with van der Waals surface area (Å²) in [6.45, 7) is 2.89. The predicted molar refractivity (Wildman–Crippen MR) is 33.6 cm³/mol. The number of aliphatic carboxylic acids is 1. The molecule has 0 aliphatic rings.